The molecule has 0 amide bonds. The third-order valence-electron chi connectivity index (χ3n) is 6.31. The zero-order chi connectivity index (χ0) is 20.6. The van der Waals surface area contributed by atoms with E-state index in [4.69, 9.17) is 5.48 Å². The predicted octanol–water partition coefficient (Wildman–Crippen LogP) is -0.253. The van der Waals surface area contributed by atoms with Crippen molar-refractivity contribution in [2.75, 3.05) is 0 Å². The minimum Gasteiger partial charge on any atom is -0.716 e. The zero-order valence-electron chi connectivity index (χ0n) is 18.4. The second-order valence-corrected chi connectivity index (χ2v) is 8.42. The molecule has 1 aromatic carbocycles. The smallest absolute Gasteiger partial charge is 0.716 e. The quantitative estimate of drug-likeness (QED) is 0.436. The molecule has 3 aliphatic carbocycles. The molecule has 1 aromatic rings. The van der Waals surface area contributed by atoms with Gasteiger partial charge >= 0.3 is 29.6 Å². The van der Waals surface area contributed by atoms with Gasteiger partial charge in [0, 0.05) is 2.74 Å². The van der Waals surface area contributed by atoms with Crippen molar-refractivity contribution in [1.82, 2.24) is 0 Å². The normalized spacial score (nSPS) is 40.9. The summed E-state index contributed by atoms with van der Waals surface area (Å²) in [5, 5.41) is 10.6. The number of hydrogen-bond donors (Lipinski definition) is 1. The van der Waals surface area contributed by atoms with Crippen LogP contribution in [-0.2, 0) is 16.8 Å². The summed E-state index contributed by atoms with van der Waals surface area (Å²) >= 11 is 0. The maximum absolute atomic E-state index is 10.9. The molecule has 5 atom stereocenters. The van der Waals surface area contributed by atoms with Crippen molar-refractivity contribution in [3.05, 3.63) is 29.3 Å². The molecule has 3 aliphatic rings. The first-order valence-electron chi connectivity index (χ1n) is 10.3. The maximum atomic E-state index is 10.9. The van der Waals surface area contributed by atoms with E-state index < -0.39 is 34.0 Å². The third kappa shape index (κ3) is 3.42. The van der Waals surface area contributed by atoms with Gasteiger partial charge in [-0.1, -0.05) is 13.0 Å². The summed E-state index contributed by atoms with van der Waals surface area (Å²) in [6.45, 7) is 1.96. The number of benzene rings is 1. The topological polar surface area (TPSA) is 86.7 Å². The summed E-state index contributed by atoms with van der Waals surface area (Å²) in [6.07, 6.45) is 0.158. The van der Waals surface area contributed by atoms with Gasteiger partial charge in [0.25, 0.3) is 10.4 Å². The van der Waals surface area contributed by atoms with Crippen LogP contribution in [0.15, 0.2) is 18.2 Å². The van der Waals surface area contributed by atoms with E-state index in [1.54, 1.807) is 0 Å². The molecule has 0 heterocycles. The largest absolute Gasteiger partial charge is 1.00 e. The molecular formula is C18H23NaO5S. The first kappa shape index (κ1) is 14.9. The second-order valence-electron chi connectivity index (χ2n) is 7.44. The number of fused-ring (bicyclic) bond motifs is 5. The molecule has 25 heavy (non-hydrogen) atoms. The molecule has 5 nitrogen and oxygen atoms in total. The van der Waals surface area contributed by atoms with Gasteiger partial charge in [-0.2, -0.15) is 0 Å². The van der Waals surface area contributed by atoms with Crippen LogP contribution in [0.25, 0.3) is 0 Å². The Balaban J connectivity index is 0.00000240. The number of rotatable bonds is 2. The van der Waals surface area contributed by atoms with Crippen molar-refractivity contribution in [3.63, 3.8) is 0 Å². The Morgan fingerprint density at radius 1 is 1.44 bits per heavy atom. The Hall–Kier alpha value is -0.110. The molecule has 0 aromatic heterocycles. The van der Waals surface area contributed by atoms with E-state index in [0.29, 0.717) is 31.2 Å². The van der Waals surface area contributed by atoms with Crippen LogP contribution in [0, 0.1) is 17.3 Å². The van der Waals surface area contributed by atoms with Crippen molar-refractivity contribution < 1.29 is 57.3 Å². The van der Waals surface area contributed by atoms with Crippen LogP contribution in [0.4, 0.5) is 0 Å². The van der Waals surface area contributed by atoms with E-state index in [0.717, 1.165) is 5.56 Å². The monoisotopic (exact) mass is 378 g/mol. The van der Waals surface area contributed by atoms with Crippen molar-refractivity contribution >= 4 is 10.4 Å². The summed E-state index contributed by atoms with van der Waals surface area (Å²) in [4.78, 5) is 0. The molecule has 0 bridgehead atoms. The molecule has 7 heteroatoms. The van der Waals surface area contributed by atoms with Crippen molar-refractivity contribution in [2.24, 2.45) is 17.3 Å². The summed E-state index contributed by atoms with van der Waals surface area (Å²) in [7, 11) is -5.07. The molecule has 2 saturated carbocycles. The summed E-state index contributed by atoms with van der Waals surface area (Å²) < 4.78 is 69.9. The Labute approximate surface area is 177 Å². The van der Waals surface area contributed by atoms with Gasteiger partial charge in [0.05, 0.1) is 8.85 Å². The van der Waals surface area contributed by atoms with Gasteiger partial charge in [-0.05, 0) is 84.9 Å². The molecule has 0 radical (unpaired) electrons. The molecule has 132 valence electrons. The maximum Gasteiger partial charge on any atom is 1.00 e. The first-order chi connectivity index (χ1) is 12.8. The number of aliphatic hydroxyl groups excluding tert-OH is 1. The fraction of sp³-hybridized carbons (Fsp3) is 0.667. The van der Waals surface area contributed by atoms with Gasteiger partial charge in [0.2, 0.25) is 0 Å². The molecule has 1 N–H and O–H groups in total. The van der Waals surface area contributed by atoms with E-state index >= 15 is 0 Å². The van der Waals surface area contributed by atoms with Gasteiger partial charge in [0.15, 0.2) is 0 Å². The molecule has 4 rings (SSSR count). The van der Waals surface area contributed by atoms with Gasteiger partial charge in [-0.15, -0.1) is 0 Å². The second kappa shape index (κ2) is 6.80. The van der Waals surface area contributed by atoms with E-state index in [2.05, 4.69) is 4.18 Å². The standard InChI is InChI=1S/C18H24O5S.Na/c1-18-9-8-14-13-5-3-12(23-24(20,21)22)10-11(13)2-4-15(14)16(18)6-7-17(18)19;/h3,5,10,14-17,19H,2,4,6-9H2,1H3,(H,20,21,22);/q;+1/p-1/t14-,15-,16+,17+,18+;/m1./s1/i3D,7D2,10D;. The van der Waals surface area contributed by atoms with Gasteiger partial charge < -0.3 is 13.8 Å². The average Bonchev–Trinajstić information content (AvgIpc) is 2.77. The molecule has 2 fully saturated rings. The fourth-order valence-corrected chi connectivity index (χ4v) is 5.38. The first-order valence-corrected chi connectivity index (χ1v) is 9.65. The molecular weight excluding hydrogens is 351 g/mol. The SMILES string of the molecule is [2H]c1cc2c(c([2H])c1OS(=O)(=O)[O-])CC[C@@H]1[C@@H]2CC[C@@]2(C)[C@H]1CC([2H])([2H])[C@@H]2O.[Na+]. The van der Waals surface area contributed by atoms with Crippen molar-refractivity contribution in [1.29, 1.82) is 0 Å². The van der Waals surface area contributed by atoms with E-state index in [9.17, 15) is 18.1 Å². The van der Waals surface area contributed by atoms with E-state index in [1.807, 2.05) is 6.92 Å². The number of hydrogen-bond acceptors (Lipinski definition) is 5. The fourth-order valence-electron chi connectivity index (χ4n) is 5.09. The van der Waals surface area contributed by atoms with Crippen molar-refractivity contribution in [3.8, 4) is 5.75 Å². The summed E-state index contributed by atoms with van der Waals surface area (Å²) in [6, 6.07) is 0.961. The minimum atomic E-state index is -5.07. The molecule has 0 unspecified atom stereocenters. The van der Waals surface area contributed by atoms with Crippen LogP contribution in [-0.4, -0.2) is 24.2 Å². The Bertz CT molecular complexity index is 941. The Morgan fingerprint density at radius 2 is 2.20 bits per heavy atom. The van der Waals surface area contributed by atoms with Crippen LogP contribution in [0.1, 0.15) is 61.5 Å². The van der Waals surface area contributed by atoms with Gasteiger partial charge in [0.1, 0.15) is 5.75 Å². The third-order valence-corrected chi connectivity index (χ3v) is 6.69. The summed E-state index contributed by atoms with van der Waals surface area (Å²) in [5.74, 6) is -0.368. The van der Waals surface area contributed by atoms with Crippen LogP contribution in [0.3, 0.4) is 0 Å². The van der Waals surface area contributed by atoms with Gasteiger partial charge in [-0.25, -0.2) is 8.42 Å². The Kier molecular flexibility index (Phi) is 4.05. The number of aliphatic hydroxyl groups is 1. The average molecular weight is 378 g/mol. The van der Waals surface area contributed by atoms with Crippen LogP contribution < -0.4 is 33.7 Å². The van der Waals surface area contributed by atoms with E-state index in [1.165, 1.54) is 6.07 Å². The van der Waals surface area contributed by atoms with E-state index in [-0.39, 0.29) is 65.8 Å². The Morgan fingerprint density at radius 3 is 2.92 bits per heavy atom. The minimum absolute atomic E-state index is 0. The molecule has 0 aliphatic heterocycles. The van der Waals surface area contributed by atoms with Crippen LogP contribution in [0.2, 0.25) is 0 Å². The van der Waals surface area contributed by atoms with Crippen LogP contribution in [0.5, 0.6) is 5.75 Å². The zero-order valence-corrected chi connectivity index (χ0v) is 17.2. The van der Waals surface area contributed by atoms with Gasteiger partial charge in [-0.3, -0.25) is 0 Å². The predicted molar refractivity (Wildman–Crippen MR) is 87.4 cm³/mol. The van der Waals surface area contributed by atoms with Crippen LogP contribution >= 0.6 is 0 Å². The summed E-state index contributed by atoms with van der Waals surface area (Å²) in [5.41, 5.74) is 0.905. The molecule has 0 saturated heterocycles. The van der Waals surface area contributed by atoms with Crippen molar-refractivity contribution in [2.45, 2.75) is 57.4 Å². The molecule has 0 spiro atoms.